The zero-order valence-corrected chi connectivity index (χ0v) is 14.1. The molecule has 3 heterocycles. The second-order valence-electron chi connectivity index (χ2n) is 5.99. The summed E-state index contributed by atoms with van der Waals surface area (Å²) in [6, 6.07) is 9.90. The Hall–Kier alpha value is -2.25. The van der Waals surface area contributed by atoms with Crippen molar-refractivity contribution in [2.75, 3.05) is 13.1 Å². The average Bonchev–Trinajstić information content (AvgIpc) is 3.29. The fraction of sp³-hybridized carbons (Fsp3) is 0.353. The fourth-order valence-electron chi connectivity index (χ4n) is 3.24. The molecule has 2 aromatic heterocycles. The molecule has 0 radical (unpaired) electrons. The van der Waals surface area contributed by atoms with E-state index in [1.54, 1.807) is 17.5 Å². The molecule has 1 amide bonds. The zero-order chi connectivity index (χ0) is 16.4. The van der Waals surface area contributed by atoms with Gasteiger partial charge >= 0.3 is 0 Å². The van der Waals surface area contributed by atoms with Gasteiger partial charge in [0.25, 0.3) is 0 Å². The van der Waals surface area contributed by atoms with Crippen molar-refractivity contribution in [2.45, 2.75) is 24.9 Å². The molecule has 1 fully saturated rings. The molecule has 3 aromatic rings. The van der Waals surface area contributed by atoms with Crippen molar-refractivity contribution in [3.8, 4) is 0 Å². The van der Waals surface area contributed by atoms with Crippen LogP contribution in [0.25, 0.3) is 10.2 Å². The summed E-state index contributed by atoms with van der Waals surface area (Å²) in [4.78, 5) is 17.6. The highest BCUT2D eigenvalue weighted by Crippen LogP contribution is 2.28. The lowest BCUT2D eigenvalue weighted by Gasteiger charge is -2.36. The summed E-state index contributed by atoms with van der Waals surface area (Å²) in [5.41, 5.74) is 0.376. The van der Waals surface area contributed by atoms with Crippen molar-refractivity contribution in [3.05, 3.63) is 47.7 Å². The molecule has 1 aliphatic heterocycles. The van der Waals surface area contributed by atoms with E-state index in [9.17, 15) is 4.79 Å². The molecule has 0 saturated carbocycles. The first-order chi connectivity index (χ1) is 11.8. The minimum absolute atomic E-state index is 0.0203. The van der Waals surface area contributed by atoms with Crippen LogP contribution >= 0.6 is 11.3 Å². The molecule has 124 valence electrons. The Balaban J connectivity index is 1.53. The molecule has 0 bridgehead atoms. The second-order valence-corrected chi connectivity index (χ2v) is 7.11. The Labute approximate surface area is 143 Å². The summed E-state index contributed by atoms with van der Waals surface area (Å²) in [7, 11) is 0. The van der Waals surface area contributed by atoms with Gasteiger partial charge in [0.05, 0.1) is 16.8 Å². The number of para-hydroxylation sites is 1. The lowest BCUT2D eigenvalue weighted by atomic mass is 9.87. The summed E-state index contributed by atoms with van der Waals surface area (Å²) in [5, 5.41) is 11.7. The predicted octanol–water partition coefficient (Wildman–Crippen LogP) is 1.89. The number of carbonyl (C=O) groups excluding carboxylic acids is 1. The number of benzene rings is 1. The monoisotopic (exact) mass is 341 g/mol. The Bertz CT molecular complexity index is 803. The molecule has 0 unspecified atom stereocenters. The molecule has 1 saturated heterocycles. The minimum Gasteiger partial charge on any atom is -0.347 e. The summed E-state index contributed by atoms with van der Waals surface area (Å²) < 4.78 is 2.95. The van der Waals surface area contributed by atoms with Crippen LogP contribution in [-0.4, -0.2) is 33.8 Å². The third-order valence-corrected chi connectivity index (χ3v) is 5.57. The molecule has 0 aliphatic carbocycles. The van der Waals surface area contributed by atoms with E-state index in [2.05, 4.69) is 26.8 Å². The molecule has 1 aliphatic rings. The largest absolute Gasteiger partial charge is 0.347 e. The summed E-state index contributed by atoms with van der Waals surface area (Å²) in [6.45, 7) is 2.08. The third kappa shape index (κ3) is 2.70. The van der Waals surface area contributed by atoms with Crippen molar-refractivity contribution in [1.29, 1.82) is 0 Å². The van der Waals surface area contributed by atoms with Crippen molar-refractivity contribution in [1.82, 2.24) is 25.4 Å². The van der Waals surface area contributed by atoms with E-state index in [0.29, 0.717) is 6.54 Å². The van der Waals surface area contributed by atoms with Gasteiger partial charge in [-0.25, -0.2) is 4.98 Å². The van der Waals surface area contributed by atoms with E-state index >= 15 is 0 Å². The standard InChI is InChI=1S/C17H19N5OS/c23-16(17(6-9-18-10-7-17)22-11-3-8-20-22)19-12-15-21-13-4-1-2-5-14(13)24-15/h1-5,8,11,18H,6-7,9-10,12H2,(H,19,23). The molecule has 2 N–H and O–H groups in total. The van der Waals surface area contributed by atoms with Gasteiger partial charge in [-0.15, -0.1) is 11.3 Å². The van der Waals surface area contributed by atoms with E-state index in [-0.39, 0.29) is 5.91 Å². The highest BCUT2D eigenvalue weighted by Gasteiger charge is 2.41. The van der Waals surface area contributed by atoms with Crippen molar-refractivity contribution < 1.29 is 4.79 Å². The zero-order valence-electron chi connectivity index (χ0n) is 13.2. The van der Waals surface area contributed by atoms with Crippen LogP contribution in [0.4, 0.5) is 0 Å². The topological polar surface area (TPSA) is 71.8 Å². The van der Waals surface area contributed by atoms with Crippen LogP contribution in [-0.2, 0) is 16.9 Å². The van der Waals surface area contributed by atoms with Crippen molar-refractivity contribution in [2.24, 2.45) is 0 Å². The number of nitrogens with zero attached hydrogens (tertiary/aromatic N) is 3. The molecule has 6 nitrogen and oxygen atoms in total. The molecule has 4 rings (SSSR count). The molecular formula is C17H19N5OS. The number of hydrogen-bond donors (Lipinski definition) is 2. The fourth-order valence-corrected chi connectivity index (χ4v) is 4.15. The Morgan fingerprint density at radius 3 is 2.88 bits per heavy atom. The maximum Gasteiger partial charge on any atom is 0.248 e. The number of piperidine rings is 1. The van der Waals surface area contributed by atoms with Crippen LogP contribution in [0, 0.1) is 0 Å². The second kappa shape index (κ2) is 6.33. The predicted molar refractivity (Wildman–Crippen MR) is 93.8 cm³/mol. The van der Waals surface area contributed by atoms with E-state index in [1.807, 2.05) is 35.1 Å². The van der Waals surface area contributed by atoms with Crippen LogP contribution in [0.1, 0.15) is 17.8 Å². The highest BCUT2D eigenvalue weighted by atomic mass is 32.1. The van der Waals surface area contributed by atoms with Crippen LogP contribution in [0.2, 0.25) is 0 Å². The minimum atomic E-state index is -0.606. The first kappa shape index (κ1) is 15.3. The SMILES string of the molecule is O=C(NCc1nc2ccccc2s1)C1(n2cccn2)CCNCC1. The van der Waals surface area contributed by atoms with Crippen LogP contribution in [0.3, 0.4) is 0 Å². The molecule has 24 heavy (non-hydrogen) atoms. The summed E-state index contributed by atoms with van der Waals surface area (Å²) in [5.74, 6) is 0.0203. The Morgan fingerprint density at radius 1 is 1.29 bits per heavy atom. The molecule has 7 heteroatoms. The summed E-state index contributed by atoms with van der Waals surface area (Å²) in [6.07, 6.45) is 5.08. The van der Waals surface area contributed by atoms with E-state index in [0.717, 1.165) is 41.2 Å². The summed E-state index contributed by atoms with van der Waals surface area (Å²) >= 11 is 1.62. The number of fused-ring (bicyclic) bond motifs is 1. The smallest absolute Gasteiger partial charge is 0.248 e. The van der Waals surface area contributed by atoms with Gasteiger partial charge in [0.2, 0.25) is 5.91 Å². The van der Waals surface area contributed by atoms with Crippen molar-refractivity contribution in [3.63, 3.8) is 0 Å². The number of aromatic nitrogens is 3. The highest BCUT2D eigenvalue weighted by molar-refractivity contribution is 7.18. The molecule has 0 spiro atoms. The van der Waals surface area contributed by atoms with Gasteiger partial charge in [0.1, 0.15) is 10.5 Å². The van der Waals surface area contributed by atoms with Gasteiger partial charge in [-0.2, -0.15) is 5.10 Å². The molecular weight excluding hydrogens is 322 g/mol. The Morgan fingerprint density at radius 2 is 2.12 bits per heavy atom. The lowest BCUT2D eigenvalue weighted by molar-refractivity contribution is -0.132. The van der Waals surface area contributed by atoms with Crippen molar-refractivity contribution >= 4 is 27.5 Å². The quantitative estimate of drug-likeness (QED) is 0.760. The molecule has 0 atom stereocenters. The molecule has 1 aromatic carbocycles. The van der Waals surface area contributed by atoms with Crippen LogP contribution in [0.15, 0.2) is 42.7 Å². The number of carbonyl (C=O) groups is 1. The van der Waals surface area contributed by atoms with Gasteiger partial charge in [-0.1, -0.05) is 12.1 Å². The maximum absolute atomic E-state index is 13.0. The number of nitrogens with one attached hydrogen (secondary N) is 2. The van der Waals surface area contributed by atoms with Gasteiger partial charge in [0, 0.05) is 12.4 Å². The first-order valence-electron chi connectivity index (χ1n) is 8.11. The normalized spacial score (nSPS) is 17.0. The lowest BCUT2D eigenvalue weighted by Crippen LogP contribution is -2.54. The van der Waals surface area contributed by atoms with E-state index in [4.69, 9.17) is 0 Å². The average molecular weight is 341 g/mol. The number of thiazole rings is 1. The maximum atomic E-state index is 13.0. The third-order valence-electron chi connectivity index (χ3n) is 4.53. The van der Waals surface area contributed by atoms with Gasteiger partial charge in [0.15, 0.2) is 0 Å². The van der Waals surface area contributed by atoms with E-state index < -0.39 is 5.54 Å². The van der Waals surface area contributed by atoms with Crippen LogP contribution in [0.5, 0.6) is 0 Å². The van der Waals surface area contributed by atoms with Crippen LogP contribution < -0.4 is 10.6 Å². The Kier molecular flexibility index (Phi) is 4.03. The number of amides is 1. The van der Waals surface area contributed by atoms with Gasteiger partial charge < -0.3 is 10.6 Å². The van der Waals surface area contributed by atoms with Gasteiger partial charge in [-0.3, -0.25) is 9.48 Å². The number of hydrogen-bond acceptors (Lipinski definition) is 5. The first-order valence-corrected chi connectivity index (χ1v) is 8.93. The number of rotatable bonds is 4. The van der Waals surface area contributed by atoms with Gasteiger partial charge in [-0.05, 0) is 44.1 Å². The van der Waals surface area contributed by atoms with E-state index in [1.165, 1.54) is 0 Å².